The van der Waals surface area contributed by atoms with Crippen molar-refractivity contribution in [1.82, 2.24) is 14.5 Å². The van der Waals surface area contributed by atoms with Gasteiger partial charge in [-0.15, -0.1) is 0 Å². The number of methoxy groups -OCH3 is 1. The standard InChI is InChI=1S/C28H34F3N3O2/c1-5-6-16-34-24(25(28(29,30)31)32-26(34)22-10-8-7-9-11-22)19-33(17-20(2)3)18-21-12-14-23(15-13-21)27(35)36-4/h7-15,20H,5-6,16-19H2,1-4H3. The van der Waals surface area contributed by atoms with Crippen molar-refractivity contribution in [2.75, 3.05) is 13.7 Å². The first-order valence-corrected chi connectivity index (χ1v) is 12.3. The zero-order valence-electron chi connectivity index (χ0n) is 21.3. The van der Waals surface area contributed by atoms with Crippen LogP contribution in [-0.4, -0.2) is 34.1 Å². The second kappa shape index (κ2) is 12.2. The van der Waals surface area contributed by atoms with Crippen molar-refractivity contribution < 1.29 is 22.7 Å². The Labute approximate surface area is 210 Å². The van der Waals surface area contributed by atoms with Crippen LogP contribution in [0.2, 0.25) is 0 Å². The van der Waals surface area contributed by atoms with Crippen LogP contribution in [0.15, 0.2) is 54.6 Å². The molecule has 3 aromatic rings. The zero-order valence-corrected chi connectivity index (χ0v) is 21.3. The average Bonchev–Trinajstić information content (AvgIpc) is 3.21. The van der Waals surface area contributed by atoms with E-state index in [1.807, 2.05) is 56.0 Å². The Morgan fingerprint density at radius 3 is 2.28 bits per heavy atom. The molecule has 1 aromatic heterocycles. The number of aromatic nitrogens is 2. The van der Waals surface area contributed by atoms with E-state index in [1.54, 1.807) is 28.8 Å². The van der Waals surface area contributed by atoms with Crippen LogP contribution in [0.4, 0.5) is 13.2 Å². The number of rotatable bonds is 11. The summed E-state index contributed by atoms with van der Waals surface area (Å²) in [7, 11) is 1.32. The fourth-order valence-corrected chi connectivity index (χ4v) is 4.27. The monoisotopic (exact) mass is 501 g/mol. The summed E-state index contributed by atoms with van der Waals surface area (Å²) in [6.07, 6.45) is -2.96. The Morgan fingerprint density at radius 1 is 1.06 bits per heavy atom. The van der Waals surface area contributed by atoms with Crippen LogP contribution < -0.4 is 0 Å². The number of halogens is 3. The summed E-state index contributed by atoms with van der Waals surface area (Å²) >= 11 is 0. The van der Waals surface area contributed by atoms with Crippen molar-refractivity contribution in [3.63, 3.8) is 0 Å². The zero-order chi connectivity index (χ0) is 26.3. The van der Waals surface area contributed by atoms with Gasteiger partial charge in [0.25, 0.3) is 0 Å². The molecule has 0 radical (unpaired) electrons. The quantitative estimate of drug-likeness (QED) is 0.271. The maximum absolute atomic E-state index is 14.2. The number of ether oxygens (including phenoxy) is 1. The largest absolute Gasteiger partial charge is 0.465 e. The van der Waals surface area contributed by atoms with Crippen LogP contribution in [0.3, 0.4) is 0 Å². The van der Waals surface area contributed by atoms with Crippen LogP contribution in [0, 0.1) is 5.92 Å². The minimum absolute atomic E-state index is 0.106. The molecule has 0 aliphatic heterocycles. The summed E-state index contributed by atoms with van der Waals surface area (Å²) in [5.74, 6) is 0.163. The Bertz CT molecular complexity index is 1120. The Kier molecular flexibility index (Phi) is 9.31. The summed E-state index contributed by atoms with van der Waals surface area (Å²) in [5.41, 5.74) is 1.36. The fraction of sp³-hybridized carbons (Fsp3) is 0.429. The smallest absolute Gasteiger partial charge is 0.435 e. The molecule has 36 heavy (non-hydrogen) atoms. The van der Waals surface area contributed by atoms with Crippen LogP contribution in [0.1, 0.15) is 60.9 Å². The number of unbranched alkanes of at least 4 members (excludes halogenated alkanes) is 1. The molecule has 0 amide bonds. The maximum Gasteiger partial charge on any atom is 0.435 e. The van der Waals surface area contributed by atoms with E-state index in [2.05, 4.69) is 4.98 Å². The predicted molar refractivity (Wildman–Crippen MR) is 134 cm³/mol. The topological polar surface area (TPSA) is 47.4 Å². The number of imidazole rings is 1. The number of nitrogens with zero attached hydrogens (tertiary/aromatic N) is 3. The molecule has 5 nitrogen and oxygen atoms in total. The van der Waals surface area contributed by atoms with E-state index >= 15 is 0 Å². The van der Waals surface area contributed by atoms with Gasteiger partial charge in [-0.1, -0.05) is 69.7 Å². The van der Waals surface area contributed by atoms with Crippen molar-refractivity contribution in [2.45, 2.75) is 59.4 Å². The molecule has 0 fully saturated rings. The fourth-order valence-electron chi connectivity index (χ4n) is 4.27. The highest BCUT2D eigenvalue weighted by Gasteiger charge is 2.39. The van der Waals surface area contributed by atoms with Crippen LogP contribution in [0.25, 0.3) is 11.4 Å². The molecule has 8 heteroatoms. The lowest BCUT2D eigenvalue weighted by atomic mass is 10.1. The molecule has 0 N–H and O–H groups in total. The maximum atomic E-state index is 14.2. The highest BCUT2D eigenvalue weighted by Crippen LogP contribution is 2.36. The summed E-state index contributed by atoms with van der Waals surface area (Å²) in [4.78, 5) is 17.9. The SMILES string of the molecule is CCCCn1c(-c2ccccc2)nc(C(F)(F)F)c1CN(Cc1ccc(C(=O)OC)cc1)CC(C)C. The van der Waals surface area contributed by atoms with Gasteiger partial charge in [0, 0.05) is 31.7 Å². The van der Waals surface area contributed by atoms with E-state index in [-0.39, 0.29) is 18.2 Å². The van der Waals surface area contributed by atoms with Gasteiger partial charge in [-0.3, -0.25) is 4.90 Å². The van der Waals surface area contributed by atoms with E-state index < -0.39 is 17.8 Å². The van der Waals surface area contributed by atoms with Gasteiger partial charge < -0.3 is 9.30 Å². The lowest BCUT2D eigenvalue weighted by molar-refractivity contribution is -0.141. The molecular formula is C28H34F3N3O2. The molecule has 0 aliphatic rings. The second-order valence-corrected chi connectivity index (χ2v) is 9.35. The van der Waals surface area contributed by atoms with Crippen molar-refractivity contribution in [1.29, 1.82) is 0 Å². The van der Waals surface area contributed by atoms with Crippen LogP contribution >= 0.6 is 0 Å². The average molecular weight is 502 g/mol. The van der Waals surface area contributed by atoms with E-state index in [4.69, 9.17) is 4.74 Å². The molecule has 0 spiro atoms. The van der Waals surface area contributed by atoms with Gasteiger partial charge in [-0.2, -0.15) is 13.2 Å². The molecule has 0 saturated heterocycles. The lowest BCUT2D eigenvalue weighted by Gasteiger charge is -2.26. The third kappa shape index (κ3) is 6.97. The van der Waals surface area contributed by atoms with Gasteiger partial charge in [0.15, 0.2) is 5.69 Å². The summed E-state index contributed by atoms with van der Waals surface area (Å²) in [5, 5.41) is 0. The minimum atomic E-state index is -4.57. The number of esters is 1. The van der Waals surface area contributed by atoms with Gasteiger partial charge in [0.1, 0.15) is 5.82 Å². The molecule has 0 aliphatic carbocycles. The van der Waals surface area contributed by atoms with Gasteiger partial charge in [-0.05, 0) is 30.0 Å². The summed E-state index contributed by atoms with van der Waals surface area (Å²) in [6.45, 7) is 7.72. The predicted octanol–water partition coefficient (Wildman–Crippen LogP) is 6.81. The Hall–Kier alpha value is -3.13. The highest BCUT2D eigenvalue weighted by molar-refractivity contribution is 5.89. The van der Waals surface area contributed by atoms with E-state index in [0.29, 0.717) is 36.6 Å². The van der Waals surface area contributed by atoms with Crippen molar-refractivity contribution in [2.24, 2.45) is 5.92 Å². The number of alkyl halides is 3. The van der Waals surface area contributed by atoms with E-state index in [1.165, 1.54) is 7.11 Å². The number of carbonyl (C=O) groups excluding carboxylic acids is 1. The summed E-state index contributed by atoms with van der Waals surface area (Å²) < 4.78 is 49.2. The molecule has 3 rings (SSSR count). The molecule has 0 saturated carbocycles. The van der Waals surface area contributed by atoms with E-state index in [9.17, 15) is 18.0 Å². The first kappa shape index (κ1) is 27.5. The van der Waals surface area contributed by atoms with Crippen molar-refractivity contribution in [3.8, 4) is 11.4 Å². The van der Waals surface area contributed by atoms with E-state index in [0.717, 1.165) is 18.4 Å². The molecule has 1 heterocycles. The van der Waals surface area contributed by atoms with Crippen molar-refractivity contribution >= 4 is 5.97 Å². The highest BCUT2D eigenvalue weighted by atomic mass is 19.4. The number of carbonyl (C=O) groups is 1. The second-order valence-electron chi connectivity index (χ2n) is 9.35. The Morgan fingerprint density at radius 2 is 1.72 bits per heavy atom. The lowest BCUT2D eigenvalue weighted by Crippen LogP contribution is -2.29. The van der Waals surface area contributed by atoms with Gasteiger partial charge in [0.05, 0.1) is 18.4 Å². The molecule has 0 atom stereocenters. The number of hydrogen-bond acceptors (Lipinski definition) is 4. The van der Waals surface area contributed by atoms with Gasteiger partial charge in [0.2, 0.25) is 0 Å². The van der Waals surface area contributed by atoms with Crippen LogP contribution in [-0.2, 0) is 30.5 Å². The first-order chi connectivity index (χ1) is 17.1. The normalized spacial score (nSPS) is 11.9. The first-order valence-electron chi connectivity index (χ1n) is 12.3. The number of benzene rings is 2. The third-order valence-corrected chi connectivity index (χ3v) is 5.89. The Balaban J connectivity index is 2.02. The number of hydrogen-bond donors (Lipinski definition) is 0. The minimum Gasteiger partial charge on any atom is -0.465 e. The van der Waals surface area contributed by atoms with Crippen LogP contribution in [0.5, 0.6) is 0 Å². The molecule has 0 bridgehead atoms. The molecule has 194 valence electrons. The van der Waals surface area contributed by atoms with Gasteiger partial charge >= 0.3 is 12.1 Å². The third-order valence-electron chi connectivity index (χ3n) is 5.89. The van der Waals surface area contributed by atoms with Crippen molar-refractivity contribution in [3.05, 3.63) is 77.1 Å². The molecular weight excluding hydrogens is 467 g/mol. The molecule has 2 aromatic carbocycles. The van der Waals surface area contributed by atoms with Gasteiger partial charge in [-0.25, -0.2) is 9.78 Å². The summed E-state index contributed by atoms with van der Waals surface area (Å²) in [6, 6.07) is 16.0. The molecule has 0 unspecified atom stereocenters.